The van der Waals surface area contributed by atoms with E-state index in [1.165, 1.54) is 44.1 Å². The molecule has 21 nitrogen and oxygen atoms in total. The van der Waals surface area contributed by atoms with Gasteiger partial charge in [-0.2, -0.15) is 0 Å². The molecule has 0 spiro atoms. The number of aliphatic hydroxyl groups is 4. The van der Waals surface area contributed by atoms with Crippen LogP contribution in [0.2, 0.25) is 0 Å². The number of hydrogen-bond acceptors (Lipinski definition) is 17. The minimum Gasteiger partial charge on any atom is -0.507 e. The molecule has 0 aromatic heterocycles. The second kappa shape index (κ2) is 19.1. The molecule has 346 valence electrons. The van der Waals surface area contributed by atoms with Crippen molar-refractivity contribution < 1.29 is 88.3 Å². The lowest BCUT2D eigenvalue weighted by molar-refractivity contribution is -0.249. The number of likely N-dealkylation sites (tertiary alicyclic amines) is 1. The van der Waals surface area contributed by atoms with Gasteiger partial charge in [-0.15, -0.1) is 0 Å². The number of nitrogens with zero attached hydrogens (tertiary/aromatic N) is 1. The van der Waals surface area contributed by atoms with Crippen LogP contribution in [0, 0.1) is 5.92 Å². The molecule has 4 aliphatic rings. The third-order valence-electron chi connectivity index (χ3n) is 12.3. The van der Waals surface area contributed by atoms with Gasteiger partial charge in [-0.25, -0.2) is 0 Å². The van der Waals surface area contributed by atoms with Gasteiger partial charge in [0.2, 0.25) is 23.5 Å². The Morgan fingerprint density at radius 1 is 1.02 bits per heavy atom. The predicted molar refractivity (Wildman–Crippen MR) is 215 cm³/mol. The molecule has 3 amide bonds. The molecule has 2 heterocycles. The Morgan fingerprint density at radius 2 is 1.72 bits per heavy atom. The Labute approximate surface area is 365 Å². The molecule has 0 bridgehead atoms. The van der Waals surface area contributed by atoms with Crippen LogP contribution in [-0.2, 0) is 44.7 Å². The number of carboxylic acid groups (broad SMARTS) is 1. The van der Waals surface area contributed by atoms with Crippen molar-refractivity contribution in [3.8, 4) is 17.2 Å². The first kappa shape index (κ1) is 47.6. The van der Waals surface area contributed by atoms with Crippen molar-refractivity contribution in [1.82, 2.24) is 15.5 Å². The number of nitrogens with one attached hydrogen (secondary N) is 2. The number of benzene rings is 2. The Hall–Kier alpha value is -5.84. The number of carbonyl (C=O) groups is 8. The van der Waals surface area contributed by atoms with E-state index < -0.39 is 163 Å². The minimum absolute atomic E-state index is 0.0182. The van der Waals surface area contributed by atoms with Gasteiger partial charge < -0.3 is 65.5 Å². The van der Waals surface area contributed by atoms with Crippen LogP contribution in [0.1, 0.15) is 108 Å². The third-order valence-corrected chi connectivity index (χ3v) is 12.3. The van der Waals surface area contributed by atoms with Crippen molar-refractivity contribution in [1.29, 1.82) is 0 Å². The lowest BCUT2D eigenvalue weighted by Crippen LogP contribution is -2.59. The average Bonchev–Trinajstić information content (AvgIpc) is 3.76. The molecule has 6 rings (SSSR count). The second-order valence-electron chi connectivity index (χ2n) is 16.5. The molecule has 21 heteroatoms. The van der Waals surface area contributed by atoms with Crippen LogP contribution in [0.15, 0.2) is 18.2 Å². The number of phenols is 2. The molecular formula is C43H51N3O18. The highest BCUT2D eigenvalue weighted by Crippen LogP contribution is 2.52. The van der Waals surface area contributed by atoms with Gasteiger partial charge >= 0.3 is 5.97 Å². The number of aliphatic carboxylic acids is 1. The van der Waals surface area contributed by atoms with Gasteiger partial charge in [0, 0.05) is 55.3 Å². The van der Waals surface area contributed by atoms with Gasteiger partial charge in [-0.3, -0.25) is 38.4 Å². The van der Waals surface area contributed by atoms with Crippen LogP contribution in [0.4, 0.5) is 0 Å². The normalized spacial score (nSPS) is 25.9. The summed E-state index contributed by atoms with van der Waals surface area (Å²) in [6.45, 7) is 1.06. The first-order chi connectivity index (χ1) is 30.3. The smallest absolute Gasteiger partial charge is 0.303 e. The van der Waals surface area contributed by atoms with E-state index in [2.05, 4.69) is 10.6 Å². The number of methoxy groups -OCH3 is 1. The fourth-order valence-corrected chi connectivity index (χ4v) is 8.95. The Bertz CT molecular complexity index is 2260. The summed E-state index contributed by atoms with van der Waals surface area (Å²) in [5.74, 6) is -9.58. The van der Waals surface area contributed by atoms with Gasteiger partial charge in [-0.05, 0) is 32.8 Å². The number of fused-ring (bicyclic) bond motifs is 3. The largest absolute Gasteiger partial charge is 0.507 e. The molecule has 0 radical (unpaired) electrons. The molecule has 64 heavy (non-hydrogen) atoms. The van der Waals surface area contributed by atoms with Crippen LogP contribution in [-0.4, -0.2) is 157 Å². The van der Waals surface area contributed by atoms with Crippen LogP contribution in [0.25, 0.3) is 0 Å². The number of carboxylic acids is 1. The maximum absolute atomic E-state index is 14.0. The summed E-state index contributed by atoms with van der Waals surface area (Å²) < 4.78 is 17.5. The Kier molecular flexibility index (Phi) is 14.2. The Balaban J connectivity index is 1.21. The second-order valence-corrected chi connectivity index (χ2v) is 16.5. The van der Waals surface area contributed by atoms with Crippen molar-refractivity contribution in [2.45, 2.75) is 114 Å². The molecule has 2 saturated heterocycles. The predicted octanol–water partition coefficient (Wildman–Crippen LogP) is -0.913. The fraction of sp³-hybridized carbons (Fsp3) is 0.535. The van der Waals surface area contributed by atoms with E-state index in [1.807, 2.05) is 0 Å². The number of phenolic OH excluding ortho intramolecular Hbond substituents is 2. The summed E-state index contributed by atoms with van der Waals surface area (Å²) in [6.07, 6.45) is -7.64. The number of aromatic hydroxyl groups is 2. The number of carbonyl (C=O) groups excluding carboxylic acids is 7. The van der Waals surface area contributed by atoms with E-state index in [9.17, 15) is 69.0 Å². The van der Waals surface area contributed by atoms with Crippen molar-refractivity contribution >= 4 is 46.8 Å². The van der Waals surface area contributed by atoms with E-state index in [-0.39, 0.29) is 53.8 Å². The zero-order valence-electron chi connectivity index (χ0n) is 35.2. The number of hydrogen-bond donors (Lipinski definition) is 9. The molecule has 9 atom stereocenters. The molecule has 2 aromatic rings. The summed E-state index contributed by atoms with van der Waals surface area (Å²) in [5, 5.41) is 79.9. The highest BCUT2D eigenvalue weighted by molar-refractivity contribution is 6.31. The number of amides is 3. The summed E-state index contributed by atoms with van der Waals surface area (Å²) in [7, 11) is 1.28. The summed E-state index contributed by atoms with van der Waals surface area (Å²) >= 11 is 0. The lowest BCUT2D eigenvalue weighted by atomic mass is 9.72. The molecule has 2 aliphatic carbocycles. The van der Waals surface area contributed by atoms with E-state index in [0.717, 1.165) is 0 Å². The molecule has 9 N–H and O–H groups in total. The van der Waals surface area contributed by atoms with Crippen molar-refractivity contribution in [3.05, 3.63) is 51.6 Å². The topological polar surface area (TPSA) is 333 Å². The van der Waals surface area contributed by atoms with Crippen LogP contribution < -0.4 is 15.4 Å². The van der Waals surface area contributed by atoms with Crippen molar-refractivity contribution in [3.63, 3.8) is 0 Å². The highest BCUT2D eigenvalue weighted by Gasteiger charge is 2.51. The van der Waals surface area contributed by atoms with E-state index in [4.69, 9.17) is 19.3 Å². The van der Waals surface area contributed by atoms with E-state index in [0.29, 0.717) is 6.42 Å². The standard InChI is InChI=1S/C43H51N3O18/c1-18(44-40(58)20(16-47)12-21(49)9-10-29(51)52)42(60)46-11-5-7-25(46)41(59)45-24-13-30(63-19(2)35(24)53)64-27-15-43(61,28(50)17-48)14-23-32(27)39(57)34-33(37(23)55)36(54)22-6-4-8-26(62-3)31(22)38(34)56/h4,6,8,18-20,24-25,27,30,35,47-48,53,55,57,61H,5,7,9-17H2,1-3H3,(H,44,58)(H,45,59)(H,51,52)/t18-,19?,20+,24?,25+,27+,30?,35?,43+/m1/s1. The number of aliphatic hydroxyl groups excluding tert-OH is 3. The maximum atomic E-state index is 14.0. The van der Waals surface area contributed by atoms with E-state index in [1.54, 1.807) is 0 Å². The number of Topliss-reactive ketones (excluding diaryl/α,β-unsaturated/α-hetero) is 2. The molecular weight excluding hydrogens is 846 g/mol. The first-order valence-corrected chi connectivity index (χ1v) is 20.7. The number of ether oxygens (including phenoxy) is 3. The lowest BCUT2D eigenvalue weighted by Gasteiger charge is -2.43. The molecule has 2 aromatic carbocycles. The third kappa shape index (κ3) is 9.08. The van der Waals surface area contributed by atoms with Crippen molar-refractivity contribution in [2.24, 2.45) is 5.92 Å². The maximum Gasteiger partial charge on any atom is 0.303 e. The minimum atomic E-state index is -2.42. The molecule has 4 unspecified atom stereocenters. The van der Waals surface area contributed by atoms with Gasteiger partial charge in [0.05, 0.1) is 61.0 Å². The fourth-order valence-electron chi connectivity index (χ4n) is 8.95. The van der Waals surface area contributed by atoms with E-state index >= 15 is 0 Å². The van der Waals surface area contributed by atoms with Crippen LogP contribution in [0.5, 0.6) is 17.2 Å². The first-order valence-electron chi connectivity index (χ1n) is 20.7. The van der Waals surface area contributed by atoms with Gasteiger partial charge in [0.25, 0.3) is 0 Å². The zero-order chi connectivity index (χ0) is 46.9. The quantitative estimate of drug-likeness (QED) is 0.0786. The molecule has 2 fully saturated rings. The SMILES string of the molecule is COc1cccc2c1C(=O)c1c(O)c3c(c(O)c1C2=O)C[C@@](O)(C(=O)CO)C[C@@H]3OC1CC(NC(=O)[C@@H]2CCCN2C(=O)[C@@H](C)NC(=O)[C@H](CO)CC(=O)CCC(=O)O)C(O)C(C)O1. The number of rotatable bonds is 16. The average molecular weight is 898 g/mol. The monoisotopic (exact) mass is 897 g/mol. The highest BCUT2D eigenvalue weighted by atomic mass is 16.7. The summed E-state index contributed by atoms with van der Waals surface area (Å²) in [4.78, 5) is 105. The zero-order valence-corrected chi connectivity index (χ0v) is 35.2. The van der Waals surface area contributed by atoms with Gasteiger partial charge in [-0.1, -0.05) is 12.1 Å². The summed E-state index contributed by atoms with van der Waals surface area (Å²) in [5.41, 5.74) is -4.46. The van der Waals surface area contributed by atoms with Gasteiger partial charge in [0.15, 0.2) is 17.9 Å². The number of ketones is 4. The summed E-state index contributed by atoms with van der Waals surface area (Å²) in [6, 6.07) is 0.825. The molecule has 2 aliphatic heterocycles. The van der Waals surface area contributed by atoms with Crippen molar-refractivity contribution in [2.75, 3.05) is 26.9 Å². The van der Waals surface area contributed by atoms with Crippen LogP contribution in [0.3, 0.4) is 0 Å². The Morgan fingerprint density at radius 3 is 2.38 bits per heavy atom. The van der Waals surface area contributed by atoms with Gasteiger partial charge in [0.1, 0.15) is 53.4 Å². The molecule has 0 saturated carbocycles. The van der Waals surface area contributed by atoms with Crippen LogP contribution >= 0.6 is 0 Å².